The lowest BCUT2D eigenvalue weighted by atomic mass is 10.1. The van der Waals surface area contributed by atoms with E-state index < -0.39 is 21.7 Å². The summed E-state index contributed by atoms with van der Waals surface area (Å²) < 4.78 is 33.9. The molecule has 2 N–H and O–H groups in total. The molecule has 3 nitrogen and oxygen atoms in total. The van der Waals surface area contributed by atoms with Gasteiger partial charge in [-0.25, -0.2) is 23.8 Å². The van der Waals surface area contributed by atoms with Gasteiger partial charge in [-0.2, -0.15) is 0 Å². The molecule has 120 valence electrons. The van der Waals surface area contributed by atoms with Crippen LogP contribution in [0, 0.1) is 18.6 Å². The van der Waals surface area contributed by atoms with Crippen LogP contribution in [-0.2, 0) is 0 Å². The van der Waals surface area contributed by atoms with E-state index in [0.29, 0.717) is 5.69 Å². The number of nitrogen functional groups attached to an aromatic ring is 1. The molecule has 1 heterocycles. The molecule has 0 aliphatic heterocycles. The van der Waals surface area contributed by atoms with Crippen molar-refractivity contribution >= 4 is 15.7 Å². The van der Waals surface area contributed by atoms with E-state index in [9.17, 15) is 8.78 Å². The monoisotopic (exact) mass is 326 g/mol. The minimum Gasteiger partial charge on any atom is -0.493 e. The summed E-state index contributed by atoms with van der Waals surface area (Å²) in [5, 5.41) is 0. The summed E-state index contributed by atoms with van der Waals surface area (Å²) in [6.07, 6.45) is 6.20. The summed E-state index contributed by atoms with van der Waals surface area (Å²) in [5.41, 5.74) is 5.99. The largest absolute Gasteiger partial charge is 0.493 e. The molecule has 22 heavy (non-hydrogen) atoms. The highest BCUT2D eigenvalue weighted by Gasteiger charge is 2.21. The zero-order chi connectivity index (χ0) is 16.7. The smallest absolute Gasteiger partial charge is 0.176 e. The number of hydrogen-bond donors (Lipinski definition) is 1. The Labute approximate surface area is 130 Å². The third kappa shape index (κ3) is 2.88. The molecule has 1 aromatic heterocycles. The summed E-state index contributed by atoms with van der Waals surface area (Å²) >= 11 is 0. The molecule has 0 fully saturated rings. The molecule has 2 rings (SSSR count). The summed E-state index contributed by atoms with van der Waals surface area (Å²) in [6.45, 7) is 1.64. The van der Waals surface area contributed by atoms with Gasteiger partial charge < -0.3 is 10.5 Å². The molecule has 0 spiro atoms. The van der Waals surface area contributed by atoms with E-state index in [1.165, 1.54) is 13.2 Å². The predicted octanol–water partition coefficient (Wildman–Crippen LogP) is 3.98. The molecule has 0 saturated heterocycles. The number of methoxy groups -OCH3 is 1. The Kier molecular flexibility index (Phi) is 4.33. The Morgan fingerprint density at radius 3 is 2.32 bits per heavy atom. The maximum absolute atomic E-state index is 14.4. The van der Waals surface area contributed by atoms with E-state index in [1.54, 1.807) is 13.0 Å². The van der Waals surface area contributed by atoms with Crippen LogP contribution in [0.2, 0.25) is 0 Å². The Hall–Kier alpha value is -1.82. The second-order valence-corrected chi connectivity index (χ2v) is 9.93. The summed E-state index contributed by atoms with van der Waals surface area (Å²) in [5.74, 6) is -1.09. The molecule has 0 aliphatic rings. The van der Waals surface area contributed by atoms with Crippen LogP contribution >= 0.6 is 10.0 Å². The Morgan fingerprint density at radius 2 is 1.82 bits per heavy atom. The number of halogens is 2. The Morgan fingerprint density at radius 1 is 1.18 bits per heavy atom. The number of anilines is 1. The summed E-state index contributed by atoms with van der Waals surface area (Å²) in [7, 11) is 0.330. The molecular formula is C16H20F2N2OS. The van der Waals surface area contributed by atoms with Crippen molar-refractivity contribution in [3.63, 3.8) is 0 Å². The lowest BCUT2D eigenvalue weighted by Gasteiger charge is -2.26. The second-order valence-electron chi connectivity index (χ2n) is 5.79. The lowest BCUT2D eigenvalue weighted by molar-refractivity contribution is 0.408. The molecule has 0 bridgehead atoms. The van der Waals surface area contributed by atoms with Crippen LogP contribution in [0.4, 0.5) is 14.5 Å². The molecule has 0 saturated carbocycles. The fourth-order valence-electron chi connectivity index (χ4n) is 2.19. The van der Waals surface area contributed by atoms with E-state index in [2.05, 4.69) is 23.8 Å². The first-order valence-corrected chi connectivity index (χ1v) is 9.50. The van der Waals surface area contributed by atoms with Gasteiger partial charge in [0.05, 0.1) is 12.8 Å². The average Bonchev–Trinajstić information content (AvgIpc) is 2.42. The molecule has 0 atom stereocenters. The summed E-state index contributed by atoms with van der Waals surface area (Å²) in [4.78, 5) is 5.02. The van der Waals surface area contributed by atoms with Gasteiger partial charge in [0.1, 0.15) is 17.2 Å². The third-order valence-corrected chi connectivity index (χ3v) is 5.07. The number of ether oxygens (including phenoxy) is 1. The maximum Gasteiger partial charge on any atom is 0.176 e. The molecule has 6 heteroatoms. The maximum atomic E-state index is 14.4. The minimum atomic E-state index is -1.06. The van der Waals surface area contributed by atoms with Gasteiger partial charge in [-0.1, -0.05) is 0 Å². The second kappa shape index (κ2) is 5.76. The number of nitrogens with two attached hydrogens (primary N) is 1. The van der Waals surface area contributed by atoms with Gasteiger partial charge in [0.15, 0.2) is 11.6 Å². The topological polar surface area (TPSA) is 48.1 Å². The van der Waals surface area contributed by atoms with Crippen molar-refractivity contribution in [2.45, 2.75) is 11.8 Å². The third-order valence-electron chi connectivity index (χ3n) is 3.40. The first-order chi connectivity index (χ1) is 10.2. The number of rotatable bonds is 3. The molecule has 0 unspecified atom stereocenters. The van der Waals surface area contributed by atoms with Crippen molar-refractivity contribution in [1.29, 1.82) is 0 Å². The molecule has 2 aromatic rings. The van der Waals surface area contributed by atoms with Gasteiger partial charge in [-0.15, -0.1) is 0 Å². The van der Waals surface area contributed by atoms with Crippen molar-refractivity contribution in [1.82, 2.24) is 4.98 Å². The minimum absolute atomic E-state index is 0.0937. The fraction of sp³-hybridized carbons (Fsp3) is 0.312. The molecule has 0 aliphatic carbocycles. The van der Waals surface area contributed by atoms with E-state index in [1.807, 2.05) is 6.07 Å². The van der Waals surface area contributed by atoms with Crippen LogP contribution in [0.5, 0.6) is 5.75 Å². The van der Waals surface area contributed by atoms with Gasteiger partial charge >= 0.3 is 0 Å². The number of nitrogens with zero attached hydrogens (tertiary/aromatic N) is 1. The van der Waals surface area contributed by atoms with Crippen LogP contribution in [0.15, 0.2) is 23.1 Å². The van der Waals surface area contributed by atoms with Crippen molar-refractivity contribution in [2.24, 2.45) is 0 Å². The van der Waals surface area contributed by atoms with Crippen molar-refractivity contribution in [3.8, 4) is 17.0 Å². The number of benzene rings is 1. The van der Waals surface area contributed by atoms with Crippen molar-refractivity contribution < 1.29 is 13.5 Å². The summed E-state index contributed by atoms with van der Waals surface area (Å²) in [6, 6.07) is 4.81. The fourth-order valence-corrected chi connectivity index (χ4v) is 3.13. The number of aryl methyl sites for hydroxylation is 1. The van der Waals surface area contributed by atoms with E-state index in [-0.39, 0.29) is 22.7 Å². The molecule has 0 amide bonds. The van der Waals surface area contributed by atoms with E-state index in [4.69, 9.17) is 10.5 Å². The van der Waals surface area contributed by atoms with E-state index >= 15 is 0 Å². The molecule has 1 aromatic carbocycles. The molecule has 0 radical (unpaired) electrons. The van der Waals surface area contributed by atoms with Crippen LogP contribution in [0.1, 0.15) is 5.69 Å². The van der Waals surface area contributed by atoms with Crippen LogP contribution in [-0.4, -0.2) is 30.9 Å². The van der Waals surface area contributed by atoms with Gasteiger partial charge in [0.2, 0.25) is 0 Å². The number of hydrogen-bond acceptors (Lipinski definition) is 3. The normalized spacial score (nSPS) is 12.3. The zero-order valence-corrected chi connectivity index (χ0v) is 14.1. The first-order valence-electron chi connectivity index (χ1n) is 6.64. The highest BCUT2D eigenvalue weighted by atomic mass is 32.3. The van der Waals surface area contributed by atoms with Crippen molar-refractivity contribution in [2.75, 3.05) is 31.6 Å². The molecular weight excluding hydrogens is 306 g/mol. The highest BCUT2D eigenvalue weighted by Crippen LogP contribution is 2.46. The Balaban J connectivity index is 2.63. The van der Waals surface area contributed by atoms with Gasteiger partial charge in [-0.05, 0) is 48.8 Å². The van der Waals surface area contributed by atoms with E-state index in [0.717, 1.165) is 4.90 Å². The SMILES string of the molecule is COc1c(C)nc(-c2ccc(S(C)(C)C)cc2F)c(F)c1N. The van der Waals surface area contributed by atoms with Gasteiger partial charge in [0, 0.05) is 5.56 Å². The van der Waals surface area contributed by atoms with Gasteiger partial charge in [-0.3, -0.25) is 0 Å². The number of aromatic nitrogens is 1. The lowest BCUT2D eigenvalue weighted by Crippen LogP contribution is -2.05. The standard InChI is InChI=1S/C16H20F2N2OS/c1-9-16(21-2)14(19)13(18)15(20-9)11-7-6-10(8-12(11)17)22(3,4)5/h6-8H,1-5H3,(H2,19,20). The zero-order valence-electron chi connectivity index (χ0n) is 13.3. The average molecular weight is 326 g/mol. The predicted molar refractivity (Wildman–Crippen MR) is 88.9 cm³/mol. The van der Waals surface area contributed by atoms with Crippen molar-refractivity contribution in [3.05, 3.63) is 35.5 Å². The van der Waals surface area contributed by atoms with Gasteiger partial charge in [0.25, 0.3) is 0 Å². The Bertz CT molecular complexity index is 727. The van der Waals surface area contributed by atoms with Crippen LogP contribution < -0.4 is 10.5 Å². The first kappa shape index (κ1) is 16.5. The van der Waals surface area contributed by atoms with Crippen LogP contribution in [0.25, 0.3) is 11.3 Å². The number of pyridine rings is 1. The quantitative estimate of drug-likeness (QED) is 0.928. The highest BCUT2D eigenvalue weighted by molar-refractivity contribution is 8.32. The van der Waals surface area contributed by atoms with Crippen LogP contribution in [0.3, 0.4) is 0 Å².